The van der Waals surface area contributed by atoms with Crippen molar-refractivity contribution in [2.75, 3.05) is 5.88 Å². The van der Waals surface area contributed by atoms with E-state index >= 15 is 0 Å². The van der Waals surface area contributed by atoms with Crippen LogP contribution in [0.15, 0.2) is 6.07 Å². The van der Waals surface area contributed by atoms with Crippen molar-refractivity contribution in [3.63, 3.8) is 0 Å². The quantitative estimate of drug-likeness (QED) is 0.459. The molecule has 0 saturated heterocycles. The maximum absolute atomic E-state index is 11.9. The van der Waals surface area contributed by atoms with E-state index in [4.69, 9.17) is 11.6 Å². The zero-order valence-electron chi connectivity index (χ0n) is 9.76. The SMILES string of the molecule is Cc1cc(C)c(C(=O)CCCl)c(C)c1C=O. The second-order valence-corrected chi connectivity index (χ2v) is 4.28. The van der Waals surface area contributed by atoms with Gasteiger partial charge in [-0.3, -0.25) is 9.59 Å². The molecule has 0 aliphatic heterocycles. The molecule has 1 rings (SSSR count). The molecule has 0 amide bonds. The van der Waals surface area contributed by atoms with E-state index in [-0.39, 0.29) is 5.78 Å². The van der Waals surface area contributed by atoms with E-state index in [0.29, 0.717) is 23.4 Å². The predicted molar refractivity (Wildman–Crippen MR) is 65.7 cm³/mol. The molecule has 0 radical (unpaired) electrons. The number of aryl methyl sites for hydroxylation is 2. The van der Waals surface area contributed by atoms with Gasteiger partial charge in [0.15, 0.2) is 12.1 Å². The van der Waals surface area contributed by atoms with Crippen LogP contribution in [0.1, 0.15) is 43.8 Å². The second-order valence-electron chi connectivity index (χ2n) is 3.90. The Morgan fingerprint density at radius 1 is 1.31 bits per heavy atom. The van der Waals surface area contributed by atoms with Crippen molar-refractivity contribution < 1.29 is 9.59 Å². The summed E-state index contributed by atoms with van der Waals surface area (Å²) in [5.41, 5.74) is 3.85. The van der Waals surface area contributed by atoms with Gasteiger partial charge < -0.3 is 0 Å². The molecule has 0 unspecified atom stereocenters. The lowest BCUT2D eigenvalue weighted by Crippen LogP contribution is -2.08. The number of hydrogen-bond donors (Lipinski definition) is 0. The highest BCUT2D eigenvalue weighted by Crippen LogP contribution is 2.22. The summed E-state index contributed by atoms with van der Waals surface area (Å²) in [6.07, 6.45) is 1.12. The van der Waals surface area contributed by atoms with Crippen LogP contribution in [0.25, 0.3) is 0 Å². The Morgan fingerprint density at radius 2 is 1.94 bits per heavy atom. The molecule has 0 N–H and O–H groups in total. The Hall–Kier alpha value is -1.15. The molecular formula is C13H15ClO2. The van der Waals surface area contributed by atoms with Crippen molar-refractivity contribution in [1.82, 2.24) is 0 Å². The average Bonchev–Trinajstić information content (AvgIpc) is 2.17. The van der Waals surface area contributed by atoms with Crippen LogP contribution < -0.4 is 0 Å². The fourth-order valence-electron chi connectivity index (χ4n) is 2.02. The fraction of sp³-hybridized carbons (Fsp3) is 0.385. The minimum absolute atomic E-state index is 0.00750. The number of benzene rings is 1. The van der Waals surface area contributed by atoms with Gasteiger partial charge in [0.2, 0.25) is 0 Å². The summed E-state index contributed by atoms with van der Waals surface area (Å²) in [6.45, 7) is 5.57. The van der Waals surface area contributed by atoms with E-state index in [1.807, 2.05) is 26.8 Å². The van der Waals surface area contributed by atoms with E-state index in [0.717, 1.165) is 23.0 Å². The summed E-state index contributed by atoms with van der Waals surface area (Å²) < 4.78 is 0. The third-order valence-electron chi connectivity index (χ3n) is 2.75. The molecule has 0 heterocycles. The summed E-state index contributed by atoms with van der Waals surface area (Å²) in [7, 11) is 0. The molecular weight excluding hydrogens is 224 g/mol. The van der Waals surface area contributed by atoms with Gasteiger partial charge in [-0.1, -0.05) is 6.07 Å². The number of aldehydes is 1. The molecule has 0 aliphatic rings. The fourth-order valence-corrected chi connectivity index (χ4v) is 2.19. The maximum Gasteiger partial charge on any atom is 0.164 e. The van der Waals surface area contributed by atoms with Crippen molar-refractivity contribution in [3.8, 4) is 0 Å². The van der Waals surface area contributed by atoms with Crippen LogP contribution in [-0.4, -0.2) is 17.9 Å². The third-order valence-corrected chi connectivity index (χ3v) is 2.94. The number of halogens is 1. The summed E-state index contributed by atoms with van der Waals surface area (Å²) >= 11 is 5.57. The molecule has 3 heteroatoms. The van der Waals surface area contributed by atoms with Crippen LogP contribution in [-0.2, 0) is 0 Å². The van der Waals surface area contributed by atoms with Gasteiger partial charge in [0, 0.05) is 23.4 Å². The van der Waals surface area contributed by atoms with E-state index in [1.54, 1.807) is 0 Å². The molecule has 1 aromatic carbocycles. The normalized spacial score (nSPS) is 10.2. The van der Waals surface area contributed by atoms with Gasteiger partial charge in [-0.05, 0) is 37.5 Å². The summed E-state index contributed by atoms with van der Waals surface area (Å²) in [5.74, 6) is 0.315. The highest BCUT2D eigenvalue weighted by atomic mass is 35.5. The number of ketones is 1. The third kappa shape index (κ3) is 2.33. The summed E-state index contributed by atoms with van der Waals surface area (Å²) in [6, 6.07) is 1.87. The first-order chi connectivity index (χ1) is 7.52. The van der Waals surface area contributed by atoms with E-state index in [1.165, 1.54) is 0 Å². The van der Waals surface area contributed by atoms with Gasteiger partial charge >= 0.3 is 0 Å². The van der Waals surface area contributed by atoms with Crippen molar-refractivity contribution >= 4 is 23.7 Å². The first-order valence-electron chi connectivity index (χ1n) is 5.18. The lowest BCUT2D eigenvalue weighted by Gasteiger charge is -2.12. The van der Waals surface area contributed by atoms with Crippen LogP contribution in [0.4, 0.5) is 0 Å². The zero-order chi connectivity index (χ0) is 12.3. The van der Waals surface area contributed by atoms with Crippen molar-refractivity contribution in [2.24, 2.45) is 0 Å². The summed E-state index contributed by atoms with van der Waals surface area (Å²) in [5, 5.41) is 0. The monoisotopic (exact) mass is 238 g/mol. The maximum atomic E-state index is 11.9. The molecule has 1 aromatic rings. The van der Waals surface area contributed by atoms with Crippen LogP contribution in [0, 0.1) is 20.8 Å². The molecule has 0 aliphatic carbocycles. The Morgan fingerprint density at radius 3 is 2.44 bits per heavy atom. The topological polar surface area (TPSA) is 34.1 Å². The molecule has 0 atom stereocenters. The summed E-state index contributed by atoms with van der Waals surface area (Å²) in [4.78, 5) is 22.8. The average molecular weight is 239 g/mol. The van der Waals surface area contributed by atoms with Crippen LogP contribution in [0.5, 0.6) is 0 Å². The standard InChI is InChI=1S/C13H15ClO2/c1-8-6-9(2)13(12(16)4-5-14)10(3)11(8)7-15/h6-7H,4-5H2,1-3H3. The predicted octanol–water partition coefficient (Wildman–Crippen LogP) is 3.24. The molecule has 0 bridgehead atoms. The number of alkyl halides is 1. The van der Waals surface area contributed by atoms with E-state index < -0.39 is 0 Å². The molecule has 0 fully saturated rings. The number of carbonyl (C=O) groups excluding carboxylic acids is 2. The molecule has 0 spiro atoms. The zero-order valence-corrected chi connectivity index (χ0v) is 10.5. The van der Waals surface area contributed by atoms with Crippen molar-refractivity contribution in [3.05, 3.63) is 33.9 Å². The smallest absolute Gasteiger partial charge is 0.164 e. The van der Waals surface area contributed by atoms with Crippen LogP contribution >= 0.6 is 11.6 Å². The van der Waals surface area contributed by atoms with E-state index in [9.17, 15) is 9.59 Å². The number of Topliss-reactive ketones (excluding diaryl/α,β-unsaturated/α-hetero) is 1. The van der Waals surface area contributed by atoms with Crippen LogP contribution in [0.2, 0.25) is 0 Å². The largest absolute Gasteiger partial charge is 0.298 e. The van der Waals surface area contributed by atoms with E-state index in [2.05, 4.69) is 0 Å². The Bertz CT molecular complexity index is 436. The van der Waals surface area contributed by atoms with Gasteiger partial charge in [-0.15, -0.1) is 11.6 Å². The van der Waals surface area contributed by atoms with Crippen LogP contribution in [0.3, 0.4) is 0 Å². The Balaban J connectivity index is 3.39. The van der Waals surface area contributed by atoms with Crippen molar-refractivity contribution in [2.45, 2.75) is 27.2 Å². The van der Waals surface area contributed by atoms with Gasteiger partial charge in [-0.2, -0.15) is 0 Å². The molecule has 0 aromatic heterocycles. The minimum Gasteiger partial charge on any atom is -0.298 e. The highest BCUT2D eigenvalue weighted by molar-refractivity contribution is 6.19. The molecule has 2 nitrogen and oxygen atoms in total. The minimum atomic E-state index is 0.00750. The Labute approximate surface area is 101 Å². The number of carbonyl (C=O) groups is 2. The highest BCUT2D eigenvalue weighted by Gasteiger charge is 2.16. The second kappa shape index (κ2) is 5.26. The molecule has 0 saturated carbocycles. The van der Waals surface area contributed by atoms with Gasteiger partial charge in [0.25, 0.3) is 0 Å². The lowest BCUT2D eigenvalue weighted by molar-refractivity contribution is 0.0988. The van der Waals surface area contributed by atoms with Gasteiger partial charge in [0.05, 0.1) is 0 Å². The first-order valence-corrected chi connectivity index (χ1v) is 5.71. The Kier molecular flexibility index (Phi) is 4.25. The van der Waals surface area contributed by atoms with Gasteiger partial charge in [0.1, 0.15) is 0 Å². The first kappa shape index (κ1) is 12.9. The number of hydrogen-bond acceptors (Lipinski definition) is 2. The molecule has 16 heavy (non-hydrogen) atoms. The van der Waals surface area contributed by atoms with Crippen molar-refractivity contribution in [1.29, 1.82) is 0 Å². The number of rotatable bonds is 4. The molecule has 86 valence electrons. The van der Waals surface area contributed by atoms with Gasteiger partial charge in [-0.25, -0.2) is 0 Å². The lowest BCUT2D eigenvalue weighted by atomic mass is 9.91.